The number of rotatable bonds is 7. The van der Waals surface area contributed by atoms with Gasteiger partial charge in [-0.3, -0.25) is 4.79 Å². The fourth-order valence-electron chi connectivity index (χ4n) is 6.07. The molecule has 3 fully saturated rings. The van der Waals surface area contributed by atoms with E-state index < -0.39 is 17.2 Å². The number of nitrogens with zero attached hydrogens (tertiary/aromatic N) is 3. The maximum atomic E-state index is 13.0. The van der Waals surface area contributed by atoms with Crippen molar-refractivity contribution in [3.63, 3.8) is 0 Å². The second-order valence-electron chi connectivity index (χ2n) is 10.9. The van der Waals surface area contributed by atoms with Gasteiger partial charge in [0, 0.05) is 74.5 Å². The van der Waals surface area contributed by atoms with E-state index in [4.69, 9.17) is 0 Å². The van der Waals surface area contributed by atoms with Crippen LogP contribution in [0, 0.1) is 11.8 Å². The summed E-state index contributed by atoms with van der Waals surface area (Å²) >= 11 is -0.140. The van der Waals surface area contributed by atoms with Gasteiger partial charge in [-0.2, -0.15) is 26.3 Å². The molecule has 2 unspecified atom stereocenters. The zero-order valence-electron chi connectivity index (χ0n) is 21.8. The first-order valence-electron chi connectivity index (χ1n) is 13.5. The summed E-state index contributed by atoms with van der Waals surface area (Å²) in [5.74, 6) is 0.968. The molecular weight excluding hydrogens is 554 g/mol. The highest BCUT2D eigenvalue weighted by Crippen LogP contribution is 2.38. The molecule has 5 nitrogen and oxygen atoms in total. The number of nitrogens with one attached hydrogen (secondary N) is 1. The molecule has 1 N–H and O–H groups in total. The zero-order valence-corrected chi connectivity index (χ0v) is 22.7. The summed E-state index contributed by atoms with van der Waals surface area (Å²) in [7, 11) is 0. The van der Waals surface area contributed by atoms with E-state index in [1.807, 2.05) is 4.90 Å². The van der Waals surface area contributed by atoms with Crippen LogP contribution in [0.3, 0.4) is 0 Å². The van der Waals surface area contributed by atoms with Crippen LogP contribution < -0.4 is 10.2 Å². The van der Waals surface area contributed by atoms with Crippen molar-refractivity contribution in [1.29, 1.82) is 0 Å². The van der Waals surface area contributed by atoms with Gasteiger partial charge in [0.25, 0.3) is 0 Å². The molecule has 3 heterocycles. The van der Waals surface area contributed by atoms with Crippen molar-refractivity contribution >= 4 is 29.0 Å². The number of thioether (sulfide) groups is 1. The van der Waals surface area contributed by atoms with Crippen molar-refractivity contribution in [3.8, 4) is 0 Å². The number of hydrogen-bond acceptors (Lipinski definition) is 5. The molecule has 0 bridgehead atoms. The van der Waals surface area contributed by atoms with Crippen LogP contribution in [0.25, 0.3) is 0 Å². The third kappa shape index (κ3) is 7.37. The molecule has 1 amide bonds. The van der Waals surface area contributed by atoms with Gasteiger partial charge in [0.05, 0.1) is 5.56 Å². The lowest BCUT2D eigenvalue weighted by molar-refractivity contribution is -0.137. The van der Waals surface area contributed by atoms with Crippen molar-refractivity contribution in [3.05, 3.63) is 54.1 Å². The maximum absolute atomic E-state index is 13.0. The van der Waals surface area contributed by atoms with E-state index in [-0.39, 0.29) is 28.6 Å². The van der Waals surface area contributed by atoms with Gasteiger partial charge in [-0.15, -0.1) is 0 Å². The summed E-state index contributed by atoms with van der Waals surface area (Å²) in [6.45, 7) is 5.30. The van der Waals surface area contributed by atoms with Crippen molar-refractivity contribution < 1.29 is 31.1 Å². The van der Waals surface area contributed by atoms with Gasteiger partial charge in [0.1, 0.15) is 0 Å². The summed E-state index contributed by atoms with van der Waals surface area (Å²) in [5.41, 5.74) is -3.41. The first-order chi connectivity index (χ1) is 18.9. The third-order valence-corrected chi connectivity index (χ3v) is 8.74. The number of hydrogen-bond donors (Lipinski definition) is 1. The number of anilines is 2. The Bertz CT molecular complexity index is 1140. The van der Waals surface area contributed by atoms with E-state index in [0.29, 0.717) is 37.9 Å². The van der Waals surface area contributed by atoms with Crippen LogP contribution in [0.4, 0.5) is 37.7 Å². The quantitative estimate of drug-likeness (QED) is 0.310. The topological polar surface area (TPSA) is 38.8 Å². The highest BCUT2D eigenvalue weighted by molar-refractivity contribution is 8.00. The van der Waals surface area contributed by atoms with Gasteiger partial charge >= 0.3 is 11.7 Å². The maximum Gasteiger partial charge on any atom is 0.446 e. The van der Waals surface area contributed by atoms with Crippen LogP contribution >= 0.6 is 11.8 Å². The second kappa shape index (κ2) is 11.7. The molecule has 5 rings (SSSR count). The van der Waals surface area contributed by atoms with Crippen molar-refractivity contribution in [2.75, 3.05) is 56.0 Å². The Morgan fingerprint density at radius 2 is 1.52 bits per heavy atom. The fraction of sp³-hybridized carbons (Fsp3) is 0.536. The number of halogens is 6. The summed E-state index contributed by atoms with van der Waals surface area (Å²) in [6, 6.07) is 11.6. The van der Waals surface area contributed by atoms with Crippen LogP contribution in [0.1, 0.15) is 24.8 Å². The van der Waals surface area contributed by atoms with Crippen LogP contribution in [0.15, 0.2) is 53.4 Å². The number of piperidine rings is 1. The summed E-state index contributed by atoms with van der Waals surface area (Å²) in [5, 5.41) is 3.35. The largest absolute Gasteiger partial charge is 0.446 e. The summed E-state index contributed by atoms with van der Waals surface area (Å²) < 4.78 is 76.2. The van der Waals surface area contributed by atoms with E-state index in [9.17, 15) is 31.1 Å². The minimum absolute atomic E-state index is 0.0427. The number of carbonyl (C=O) groups excluding carboxylic acids is 1. The molecule has 0 radical (unpaired) electrons. The molecule has 3 aliphatic rings. The average molecular weight is 587 g/mol. The van der Waals surface area contributed by atoms with Gasteiger partial charge in [0.2, 0.25) is 5.91 Å². The second-order valence-corrected chi connectivity index (χ2v) is 12.0. The summed E-state index contributed by atoms with van der Waals surface area (Å²) in [6.07, 6.45) is -2.16. The lowest BCUT2D eigenvalue weighted by Gasteiger charge is -2.34. The van der Waals surface area contributed by atoms with Crippen molar-refractivity contribution in [2.24, 2.45) is 11.8 Å². The highest BCUT2D eigenvalue weighted by atomic mass is 32.2. The SMILES string of the molecule is O=C(CCN1CC2CN(c3ccc(C(F)(F)F)cc3)CC2C1)N1CCC[C@H](Nc2ccc(SC(F)(F)F)cc2)C1. The Balaban J connectivity index is 1.04. The minimum atomic E-state index is -4.34. The Kier molecular flexibility index (Phi) is 8.47. The van der Waals surface area contributed by atoms with E-state index in [1.165, 1.54) is 12.1 Å². The van der Waals surface area contributed by atoms with Gasteiger partial charge < -0.3 is 20.0 Å². The molecule has 0 spiro atoms. The average Bonchev–Trinajstić information content (AvgIpc) is 3.47. The van der Waals surface area contributed by atoms with Gasteiger partial charge in [-0.05, 0) is 85.0 Å². The molecule has 218 valence electrons. The molecular formula is C28H32F6N4OS. The highest BCUT2D eigenvalue weighted by Gasteiger charge is 2.40. The molecule has 3 saturated heterocycles. The van der Waals surface area contributed by atoms with Gasteiger partial charge in [0.15, 0.2) is 0 Å². The zero-order chi connectivity index (χ0) is 28.5. The molecule has 40 heavy (non-hydrogen) atoms. The first kappa shape index (κ1) is 28.9. The van der Waals surface area contributed by atoms with E-state index in [0.717, 1.165) is 62.5 Å². The normalized spacial score (nSPS) is 23.9. The molecule has 2 aromatic rings. The molecule has 2 aromatic carbocycles. The van der Waals surface area contributed by atoms with E-state index in [1.54, 1.807) is 24.3 Å². The number of alkyl halides is 6. The minimum Gasteiger partial charge on any atom is -0.381 e. The third-order valence-electron chi connectivity index (χ3n) is 8.00. The molecule has 0 saturated carbocycles. The molecule has 3 aliphatic heterocycles. The predicted octanol–water partition coefficient (Wildman–Crippen LogP) is 6.18. The smallest absolute Gasteiger partial charge is 0.381 e. The first-order valence-corrected chi connectivity index (χ1v) is 14.3. The lowest BCUT2D eigenvalue weighted by atomic mass is 10.0. The summed E-state index contributed by atoms with van der Waals surface area (Å²) in [4.78, 5) is 19.5. The van der Waals surface area contributed by atoms with Gasteiger partial charge in [-0.25, -0.2) is 0 Å². The Morgan fingerprint density at radius 3 is 2.12 bits per heavy atom. The Labute approximate surface area is 233 Å². The van der Waals surface area contributed by atoms with Crippen LogP contribution in [-0.4, -0.2) is 73.1 Å². The fourth-order valence-corrected chi connectivity index (χ4v) is 6.61. The monoisotopic (exact) mass is 586 g/mol. The standard InChI is InChI=1S/C28H32F6N4OS/c29-27(30,31)21-3-7-24(8-4-21)38-16-19-14-36(15-20(19)17-38)13-11-26(39)37-12-1-2-23(18-37)35-22-5-9-25(10-6-22)40-28(32,33)34/h3-10,19-20,23,35H,1-2,11-18H2/t19?,20?,23-/m0/s1. The van der Waals surface area contributed by atoms with Crippen LogP contribution in [-0.2, 0) is 11.0 Å². The molecule has 3 atom stereocenters. The lowest BCUT2D eigenvalue weighted by Crippen LogP contribution is -2.45. The molecule has 0 aliphatic carbocycles. The number of amides is 1. The number of benzene rings is 2. The van der Waals surface area contributed by atoms with Crippen molar-refractivity contribution in [1.82, 2.24) is 9.80 Å². The van der Waals surface area contributed by atoms with Crippen LogP contribution in [0.5, 0.6) is 0 Å². The Morgan fingerprint density at radius 1 is 0.875 bits per heavy atom. The van der Waals surface area contributed by atoms with E-state index >= 15 is 0 Å². The van der Waals surface area contributed by atoms with Crippen LogP contribution in [0.2, 0.25) is 0 Å². The van der Waals surface area contributed by atoms with E-state index in [2.05, 4.69) is 15.1 Å². The van der Waals surface area contributed by atoms with Crippen molar-refractivity contribution in [2.45, 2.75) is 41.9 Å². The Hall–Kier alpha value is -2.60. The number of carbonyl (C=O) groups is 1. The number of likely N-dealkylation sites (tertiary alicyclic amines) is 2. The molecule has 12 heteroatoms. The predicted molar refractivity (Wildman–Crippen MR) is 143 cm³/mol. The number of fused-ring (bicyclic) bond motifs is 1. The van der Waals surface area contributed by atoms with Gasteiger partial charge in [-0.1, -0.05) is 0 Å². The molecule has 0 aromatic heterocycles.